The van der Waals surface area contributed by atoms with Gasteiger partial charge in [-0.2, -0.15) is 0 Å². The van der Waals surface area contributed by atoms with E-state index in [-0.39, 0.29) is 5.91 Å². The van der Waals surface area contributed by atoms with Crippen LogP contribution < -0.4 is 10.6 Å². The number of amides is 1. The fraction of sp³-hybridized carbons (Fsp3) is 0.238. The van der Waals surface area contributed by atoms with Gasteiger partial charge in [-0.15, -0.1) is 10.2 Å². The Morgan fingerprint density at radius 1 is 1.03 bits per heavy atom. The second kappa shape index (κ2) is 9.50. The van der Waals surface area contributed by atoms with Crippen LogP contribution in [0.4, 0.5) is 0 Å². The first-order valence-corrected chi connectivity index (χ1v) is 9.28. The summed E-state index contributed by atoms with van der Waals surface area (Å²) < 4.78 is 1.93. The topological polar surface area (TPSA) is 87.4 Å². The van der Waals surface area contributed by atoms with Crippen LogP contribution >= 0.6 is 0 Å². The highest BCUT2D eigenvalue weighted by Crippen LogP contribution is 2.09. The molecule has 0 unspecified atom stereocenters. The maximum atomic E-state index is 12.0. The molecule has 0 aliphatic carbocycles. The highest BCUT2D eigenvalue weighted by Gasteiger charge is 2.09. The Bertz CT molecular complexity index is 962. The lowest BCUT2D eigenvalue weighted by molar-refractivity contribution is 0.0827. The molecule has 1 heterocycles. The molecule has 0 fully saturated rings. The van der Waals surface area contributed by atoms with Gasteiger partial charge in [0.25, 0.3) is 5.91 Å². The van der Waals surface area contributed by atoms with E-state index in [1.807, 2.05) is 59.2 Å². The van der Waals surface area contributed by atoms with E-state index < -0.39 is 0 Å². The van der Waals surface area contributed by atoms with E-state index in [4.69, 9.17) is 0 Å². The van der Waals surface area contributed by atoms with Gasteiger partial charge in [-0.1, -0.05) is 30.3 Å². The summed E-state index contributed by atoms with van der Waals surface area (Å²) >= 11 is 0. The third-order valence-corrected chi connectivity index (χ3v) is 4.36. The number of nitrogens with zero attached hydrogens (tertiary/aromatic N) is 5. The van der Waals surface area contributed by atoms with E-state index >= 15 is 0 Å². The SMILES string of the molecule is CN=C(NCc1ccc(C(=O)N(C)C)cc1)NCc1nncn1-c1ccccc1. The van der Waals surface area contributed by atoms with Crippen molar-refractivity contribution in [2.75, 3.05) is 21.1 Å². The molecule has 8 heteroatoms. The van der Waals surface area contributed by atoms with Gasteiger partial charge in [-0.05, 0) is 29.8 Å². The van der Waals surface area contributed by atoms with Gasteiger partial charge in [0.15, 0.2) is 11.8 Å². The van der Waals surface area contributed by atoms with Crippen molar-refractivity contribution in [1.29, 1.82) is 0 Å². The summed E-state index contributed by atoms with van der Waals surface area (Å²) in [6.07, 6.45) is 1.69. The molecule has 2 aromatic carbocycles. The van der Waals surface area contributed by atoms with Crippen LogP contribution in [0, 0.1) is 0 Å². The molecule has 3 aromatic rings. The smallest absolute Gasteiger partial charge is 0.253 e. The summed E-state index contributed by atoms with van der Waals surface area (Å²) in [4.78, 5) is 17.8. The van der Waals surface area contributed by atoms with Crippen molar-refractivity contribution in [3.05, 3.63) is 77.9 Å². The molecule has 1 amide bonds. The predicted molar refractivity (Wildman–Crippen MR) is 113 cm³/mol. The van der Waals surface area contributed by atoms with Crippen molar-refractivity contribution >= 4 is 11.9 Å². The molecule has 8 nitrogen and oxygen atoms in total. The number of carbonyl (C=O) groups is 1. The summed E-state index contributed by atoms with van der Waals surface area (Å²) in [5.74, 6) is 1.43. The zero-order chi connectivity index (χ0) is 20.6. The number of nitrogens with one attached hydrogen (secondary N) is 2. The zero-order valence-corrected chi connectivity index (χ0v) is 16.8. The van der Waals surface area contributed by atoms with Crippen molar-refractivity contribution in [1.82, 2.24) is 30.3 Å². The molecule has 0 aliphatic rings. The number of benzene rings is 2. The van der Waals surface area contributed by atoms with Crippen LogP contribution in [0.15, 0.2) is 65.9 Å². The number of hydrogen-bond acceptors (Lipinski definition) is 4. The van der Waals surface area contributed by atoms with Gasteiger partial charge in [0, 0.05) is 38.9 Å². The van der Waals surface area contributed by atoms with E-state index in [1.165, 1.54) is 0 Å². The Kier molecular flexibility index (Phi) is 6.57. The number of hydrogen-bond donors (Lipinski definition) is 2. The molecular formula is C21H25N7O. The van der Waals surface area contributed by atoms with Gasteiger partial charge in [-0.3, -0.25) is 14.4 Å². The Morgan fingerprint density at radius 3 is 2.38 bits per heavy atom. The van der Waals surface area contributed by atoms with Crippen molar-refractivity contribution in [3.63, 3.8) is 0 Å². The Morgan fingerprint density at radius 2 is 1.72 bits per heavy atom. The molecule has 0 saturated heterocycles. The molecule has 0 atom stereocenters. The standard InChI is InChI=1S/C21H25N7O/c1-22-21(23-13-16-9-11-17(12-10-16)20(29)27(2)3)24-14-19-26-25-15-28(19)18-7-5-4-6-8-18/h4-12,15H,13-14H2,1-3H3,(H2,22,23,24). The lowest BCUT2D eigenvalue weighted by Gasteiger charge is -2.13. The molecule has 1 aromatic heterocycles. The number of guanidine groups is 1. The first kappa shape index (κ1) is 20.1. The Balaban J connectivity index is 1.56. The molecular weight excluding hydrogens is 366 g/mol. The van der Waals surface area contributed by atoms with E-state index in [2.05, 4.69) is 25.8 Å². The van der Waals surface area contributed by atoms with Crippen LogP contribution in [0.5, 0.6) is 0 Å². The first-order valence-electron chi connectivity index (χ1n) is 9.28. The number of aromatic nitrogens is 3. The summed E-state index contributed by atoms with van der Waals surface area (Å²) in [5, 5.41) is 14.7. The molecule has 29 heavy (non-hydrogen) atoms. The highest BCUT2D eigenvalue weighted by molar-refractivity contribution is 5.93. The summed E-state index contributed by atoms with van der Waals surface area (Å²) in [5.41, 5.74) is 2.72. The molecule has 0 aliphatic heterocycles. The predicted octanol–water partition coefficient (Wildman–Crippen LogP) is 1.83. The van der Waals surface area contributed by atoms with E-state index in [1.54, 1.807) is 32.4 Å². The minimum Gasteiger partial charge on any atom is -0.352 e. The Hall–Kier alpha value is -3.68. The number of rotatable bonds is 6. The Labute approximate surface area is 170 Å². The van der Waals surface area contributed by atoms with Gasteiger partial charge in [-0.25, -0.2) is 0 Å². The van der Waals surface area contributed by atoms with Gasteiger partial charge >= 0.3 is 0 Å². The molecule has 0 saturated carbocycles. The maximum Gasteiger partial charge on any atom is 0.253 e. The molecule has 0 bridgehead atoms. The van der Waals surface area contributed by atoms with Gasteiger partial charge in [0.1, 0.15) is 6.33 Å². The number of aliphatic imine (C=N–C) groups is 1. The minimum absolute atomic E-state index is 0.00971. The van der Waals surface area contributed by atoms with Crippen molar-refractivity contribution < 1.29 is 4.79 Å². The van der Waals surface area contributed by atoms with Crippen LogP contribution in [0.25, 0.3) is 5.69 Å². The van der Waals surface area contributed by atoms with Crippen LogP contribution in [0.3, 0.4) is 0 Å². The highest BCUT2D eigenvalue weighted by atomic mass is 16.2. The molecule has 2 N–H and O–H groups in total. The second-order valence-electron chi connectivity index (χ2n) is 6.63. The maximum absolute atomic E-state index is 12.0. The average molecular weight is 391 g/mol. The second-order valence-corrected chi connectivity index (χ2v) is 6.63. The van der Waals surface area contributed by atoms with E-state index in [0.717, 1.165) is 17.1 Å². The minimum atomic E-state index is -0.00971. The lowest BCUT2D eigenvalue weighted by Crippen LogP contribution is -2.37. The van der Waals surface area contributed by atoms with Gasteiger partial charge in [0.05, 0.1) is 6.54 Å². The largest absolute Gasteiger partial charge is 0.352 e. The first-order chi connectivity index (χ1) is 14.1. The van der Waals surface area contributed by atoms with Crippen LogP contribution in [0.2, 0.25) is 0 Å². The zero-order valence-electron chi connectivity index (χ0n) is 16.8. The van der Waals surface area contributed by atoms with E-state index in [0.29, 0.717) is 24.6 Å². The average Bonchev–Trinajstić information content (AvgIpc) is 3.23. The van der Waals surface area contributed by atoms with Gasteiger partial charge < -0.3 is 15.5 Å². The number of carbonyl (C=O) groups excluding carboxylic acids is 1. The molecule has 0 radical (unpaired) electrons. The molecule has 0 spiro atoms. The summed E-state index contributed by atoms with van der Waals surface area (Å²) in [7, 11) is 5.20. The quantitative estimate of drug-likeness (QED) is 0.495. The van der Waals surface area contributed by atoms with Crippen LogP contribution in [0.1, 0.15) is 21.7 Å². The molecule has 3 rings (SSSR count). The fourth-order valence-corrected chi connectivity index (χ4v) is 2.78. The third-order valence-electron chi connectivity index (χ3n) is 4.36. The summed E-state index contributed by atoms with van der Waals surface area (Å²) in [6.45, 7) is 1.06. The number of para-hydroxylation sites is 1. The van der Waals surface area contributed by atoms with Crippen LogP contribution in [-0.4, -0.2) is 52.7 Å². The van der Waals surface area contributed by atoms with Crippen molar-refractivity contribution in [2.24, 2.45) is 4.99 Å². The van der Waals surface area contributed by atoms with E-state index in [9.17, 15) is 4.79 Å². The van der Waals surface area contributed by atoms with Crippen molar-refractivity contribution in [3.8, 4) is 5.69 Å². The summed E-state index contributed by atoms with van der Waals surface area (Å²) in [6, 6.07) is 17.5. The van der Waals surface area contributed by atoms with Gasteiger partial charge in [0.2, 0.25) is 0 Å². The lowest BCUT2D eigenvalue weighted by atomic mass is 10.1. The fourth-order valence-electron chi connectivity index (χ4n) is 2.78. The third kappa shape index (κ3) is 5.19. The van der Waals surface area contributed by atoms with Crippen molar-refractivity contribution in [2.45, 2.75) is 13.1 Å². The normalized spacial score (nSPS) is 11.2. The molecule has 150 valence electrons. The van der Waals surface area contributed by atoms with Crippen LogP contribution in [-0.2, 0) is 13.1 Å². The monoisotopic (exact) mass is 391 g/mol.